The average Bonchev–Trinajstić information content (AvgIpc) is 2.74. The van der Waals surface area contributed by atoms with E-state index in [0.717, 1.165) is 17.9 Å². The van der Waals surface area contributed by atoms with Crippen LogP contribution in [0.2, 0.25) is 0 Å². The molecule has 0 aromatic heterocycles. The van der Waals surface area contributed by atoms with Gasteiger partial charge in [-0.3, -0.25) is 4.79 Å². The minimum absolute atomic E-state index is 0.171. The molecule has 0 heterocycles. The number of rotatable bonds is 9. The second-order valence-electron chi connectivity index (χ2n) is 6.19. The molecule has 0 fully saturated rings. The number of anilines is 1. The summed E-state index contributed by atoms with van der Waals surface area (Å²) in [6.07, 6.45) is 2.53. The molecule has 1 N–H and O–H groups in total. The Labute approximate surface area is 165 Å². The van der Waals surface area contributed by atoms with Gasteiger partial charge in [-0.1, -0.05) is 43.0 Å². The highest BCUT2D eigenvalue weighted by molar-refractivity contribution is 6.04. The van der Waals surface area contributed by atoms with Gasteiger partial charge < -0.3 is 14.8 Å². The van der Waals surface area contributed by atoms with Crippen molar-refractivity contribution >= 4 is 11.6 Å². The maximum atomic E-state index is 12.4. The van der Waals surface area contributed by atoms with Crippen LogP contribution in [0, 0.1) is 0 Å². The largest absolute Gasteiger partial charge is 0.493 e. The molecule has 0 unspecified atom stereocenters. The van der Waals surface area contributed by atoms with Crippen LogP contribution in [0.3, 0.4) is 0 Å². The maximum absolute atomic E-state index is 12.4. The van der Waals surface area contributed by atoms with Crippen molar-refractivity contribution in [2.24, 2.45) is 0 Å². The summed E-state index contributed by atoms with van der Waals surface area (Å²) in [7, 11) is 0. The molecular weight excluding hydrogens is 350 g/mol. The monoisotopic (exact) mass is 373 g/mol. The standard InChI is InChI=1S/C24H23NO3/c1-2-17-27-23-14-10-21(11-15-23)25-24(26)20-8-12-22(13-9-20)28-18-16-19-6-4-3-5-7-19/h2-15H,1,16-18H2,(H,25,26). The van der Waals surface area contributed by atoms with E-state index in [-0.39, 0.29) is 5.91 Å². The van der Waals surface area contributed by atoms with Crippen molar-refractivity contribution in [3.05, 3.63) is 103 Å². The zero-order valence-corrected chi connectivity index (χ0v) is 15.6. The quantitative estimate of drug-likeness (QED) is 0.529. The molecule has 0 aliphatic rings. The first-order chi connectivity index (χ1) is 13.7. The van der Waals surface area contributed by atoms with E-state index in [1.807, 2.05) is 42.5 Å². The molecule has 3 aromatic rings. The second-order valence-corrected chi connectivity index (χ2v) is 6.19. The third-order valence-electron chi connectivity index (χ3n) is 4.10. The Morgan fingerprint density at radius 2 is 1.50 bits per heavy atom. The number of hydrogen-bond donors (Lipinski definition) is 1. The van der Waals surface area contributed by atoms with Crippen molar-refractivity contribution in [2.45, 2.75) is 6.42 Å². The molecule has 4 heteroatoms. The van der Waals surface area contributed by atoms with Crippen molar-refractivity contribution in [3.8, 4) is 11.5 Å². The van der Waals surface area contributed by atoms with E-state index in [9.17, 15) is 4.79 Å². The van der Waals surface area contributed by atoms with E-state index < -0.39 is 0 Å². The first-order valence-electron chi connectivity index (χ1n) is 9.16. The Kier molecular flexibility index (Phi) is 6.85. The highest BCUT2D eigenvalue weighted by atomic mass is 16.5. The lowest BCUT2D eigenvalue weighted by atomic mass is 10.2. The van der Waals surface area contributed by atoms with E-state index in [1.165, 1.54) is 5.56 Å². The Morgan fingerprint density at radius 1 is 0.857 bits per heavy atom. The summed E-state index contributed by atoms with van der Waals surface area (Å²) in [6, 6.07) is 24.6. The lowest BCUT2D eigenvalue weighted by molar-refractivity contribution is 0.102. The van der Waals surface area contributed by atoms with E-state index in [4.69, 9.17) is 9.47 Å². The smallest absolute Gasteiger partial charge is 0.255 e. The van der Waals surface area contributed by atoms with Gasteiger partial charge in [-0.25, -0.2) is 0 Å². The molecule has 4 nitrogen and oxygen atoms in total. The Morgan fingerprint density at radius 3 is 2.18 bits per heavy atom. The van der Waals surface area contributed by atoms with Crippen LogP contribution in [0.1, 0.15) is 15.9 Å². The van der Waals surface area contributed by atoms with Crippen molar-refractivity contribution in [1.82, 2.24) is 0 Å². The first-order valence-corrected chi connectivity index (χ1v) is 9.16. The maximum Gasteiger partial charge on any atom is 0.255 e. The van der Waals surface area contributed by atoms with Crippen LogP contribution in [0.5, 0.6) is 11.5 Å². The molecule has 28 heavy (non-hydrogen) atoms. The van der Waals surface area contributed by atoms with Gasteiger partial charge in [0, 0.05) is 17.7 Å². The van der Waals surface area contributed by atoms with Crippen LogP contribution in [-0.4, -0.2) is 19.1 Å². The van der Waals surface area contributed by atoms with E-state index in [0.29, 0.717) is 24.5 Å². The van der Waals surface area contributed by atoms with Crippen LogP contribution >= 0.6 is 0 Å². The van der Waals surface area contributed by atoms with Crippen LogP contribution in [-0.2, 0) is 6.42 Å². The fraction of sp³-hybridized carbons (Fsp3) is 0.125. The fourth-order valence-corrected chi connectivity index (χ4v) is 2.63. The number of benzene rings is 3. The molecule has 0 saturated heterocycles. The number of carbonyl (C=O) groups is 1. The van der Waals surface area contributed by atoms with Gasteiger partial charge in [-0.05, 0) is 54.1 Å². The molecule has 0 saturated carbocycles. The zero-order valence-electron chi connectivity index (χ0n) is 15.6. The molecule has 3 aromatic carbocycles. The van der Waals surface area contributed by atoms with Crippen molar-refractivity contribution < 1.29 is 14.3 Å². The molecule has 0 bridgehead atoms. The zero-order chi connectivity index (χ0) is 19.6. The predicted octanol–water partition coefficient (Wildman–Crippen LogP) is 5.13. The van der Waals surface area contributed by atoms with Gasteiger partial charge in [0.2, 0.25) is 0 Å². The minimum Gasteiger partial charge on any atom is -0.493 e. The molecule has 0 radical (unpaired) electrons. The second kappa shape index (κ2) is 9.97. The third kappa shape index (κ3) is 5.74. The summed E-state index contributed by atoms with van der Waals surface area (Å²) in [5.74, 6) is 1.31. The third-order valence-corrected chi connectivity index (χ3v) is 4.10. The average molecular weight is 373 g/mol. The highest BCUT2D eigenvalue weighted by Crippen LogP contribution is 2.18. The van der Waals surface area contributed by atoms with Crippen LogP contribution in [0.4, 0.5) is 5.69 Å². The number of nitrogens with one attached hydrogen (secondary N) is 1. The number of carbonyl (C=O) groups excluding carboxylic acids is 1. The summed E-state index contributed by atoms with van der Waals surface area (Å²) >= 11 is 0. The molecule has 142 valence electrons. The SMILES string of the molecule is C=CCOc1ccc(NC(=O)c2ccc(OCCc3ccccc3)cc2)cc1. The summed E-state index contributed by atoms with van der Waals surface area (Å²) in [4.78, 5) is 12.4. The van der Waals surface area contributed by atoms with E-state index >= 15 is 0 Å². The Hall–Kier alpha value is -3.53. The van der Waals surface area contributed by atoms with E-state index in [1.54, 1.807) is 30.3 Å². The Balaban J connectivity index is 1.49. The molecule has 1 amide bonds. The van der Waals surface area contributed by atoms with Gasteiger partial charge >= 0.3 is 0 Å². The van der Waals surface area contributed by atoms with Crippen LogP contribution in [0.25, 0.3) is 0 Å². The van der Waals surface area contributed by atoms with Gasteiger partial charge in [-0.2, -0.15) is 0 Å². The van der Waals surface area contributed by atoms with Crippen molar-refractivity contribution in [1.29, 1.82) is 0 Å². The predicted molar refractivity (Wildman–Crippen MR) is 112 cm³/mol. The number of amides is 1. The lowest BCUT2D eigenvalue weighted by Crippen LogP contribution is -2.11. The van der Waals surface area contributed by atoms with Gasteiger partial charge in [0.1, 0.15) is 18.1 Å². The summed E-state index contributed by atoms with van der Waals surface area (Å²) in [5, 5.41) is 2.87. The van der Waals surface area contributed by atoms with Crippen molar-refractivity contribution in [2.75, 3.05) is 18.5 Å². The molecular formula is C24H23NO3. The van der Waals surface area contributed by atoms with Gasteiger partial charge in [0.05, 0.1) is 6.61 Å². The molecule has 0 aliphatic heterocycles. The topological polar surface area (TPSA) is 47.6 Å². The lowest BCUT2D eigenvalue weighted by Gasteiger charge is -2.09. The fourth-order valence-electron chi connectivity index (χ4n) is 2.63. The number of ether oxygens (including phenoxy) is 2. The molecule has 0 spiro atoms. The minimum atomic E-state index is -0.171. The highest BCUT2D eigenvalue weighted by Gasteiger charge is 2.07. The Bertz CT molecular complexity index is 887. The summed E-state index contributed by atoms with van der Waals surface area (Å²) < 4.78 is 11.2. The van der Waals surface area contributed by atoms with Gasteiger partial charge in [-0.15, -0.1) is 0 Å². The van der Waals surface area contributed by atoms with Gasteiger partial charge in [0.15, 0.2) is 0 Å². The van der Waals surface area contributed by atoms with Crippen molar-refractivity contribution in [3.63, 3.8) is 0 Å². The number of hydrogen-bond acceptors (Lipinski definition) is 3. The summed E-state index contributed by atoms with van der Waals surface area (Å²) in [5.41, 5.74) is 2.51. The van der Waals surface area contributed by atoms with Crippen LogP contribution < -0.4 is 14.8 Å². The van der Waals surface area contributed by atoms with Gasteiger partial charge in [0.25, 0.3) is 5.91 Å². The molecule has 0 atom stereocenters. The van der Waals surface area contributed by atoms with Crippen LogP contribution in [0.15, 0.2) is 91.5 Å². The van der Waals surface area contributed by atoms with E-state index in [2.05, 4.69) is 24.0 Å². The normalized spacial score (nSPS) is 10.1. The molecule has 3 rings (SSSR count). The summed E-state index contributed by atoms with van der Waals surface area (Å²) in [6.45, 7) is 4.65. The molecule has 0 aliphatic carbocycles. The first kappa shape index (κ1) is 19.2.